The lowest BCUT2D eigenvalue weighted by Gasteiger charge is -2.53. The summed E-state index contributed by atoms with van der Waals surface area (Å²) in [4.78, 5) is 52.4. The number of anilines is 3. The van der Waals surface area contributed by atoms with Crippen molar-refractivity contribution < 1.29 is 27.5 Å². The van der Waals surface area contributed by atoms with Gasteiger partial charge in [-0.2, -0.15) is 0 Å². The fourth-order valence-corrected chi connectivity index (χ4v) is 9.48. The first kappa shape index (κ1) is 34.5. The molecule has 0 radical (unpaired) electrons. The van der Waals surface area contributed by atoms with Crippen LogP contribution in [0.25, 0.3) is 31.4 Å². The molecule has 2 N–H and O–H groups in total. The number of halogens is 4. The van der Waals surface area contributed by atoms with Crippen molar-refractivity contribution in [3.05, 3.63) is 116 Å². The molecule has 54 heavy (non-hydrogen) atoms. The van der Waals surface area contributed by atoms with Crippen molar-refractivity contribution in [2.24, 2.45) is 5.41 Å². The highest BCUT2D eigenvalue weighted by Crippen LogP contribution is 2.47. The maximum atomic E-state index is 14.8. The van der Waals surface area contributed by atoms with Gasteiger partial charge < -0.3 is 24.8 Å². The summed E-state index contributed by atoms with van der Waals surface area (Å²) in [6.07, 6.45) is 0.476. The van der Waals surface area contributed by atoms with E-state index in [1.807, 2.05) is 17.0 Å². The van der Waals surface area contributed by atoms with Crippen LogP contribution in [0.1, 0.15) is 51.1 Å². The Hall–Kier alpha value is -5.24. The molecule has 3 aromatic carbocycles. The molecule has 2 saturated heterocycles. The number of amides is 2. The number of nitrogens with one attached hydrogen (secondary N) is 2. The summed E-state index contributed by atoms with van der Waals surface area (Å²) < 4.78 is 48.3. The van der Waals surface area contributed by atoms with Crippen LogP contribution < -0.4 is 20.7 Å². The van der Waals surface area contributed by atoms with Gasteiger partial charge in [-0.15, -0.1) is 11.3 Å². The number of benzene rings is 3. The van der Waals surface area contributed by atoms with Gasteiger partial charge in [0.25, 0.3) is 23.8 Å². The van der Waals surface area contributed by atoms with E-state index in [9.17, 15) is 27.6 Å². The minimum Gasteiger partial charge on any atom is -0.381 e. The van der Waals surface area contributed by atoms with Crippen LogP contribution in [-0.4, -0.2) is 54.6 Å². The minimum absolute atomic E-state index is 0.0371. The number of nitrogens with zero attached hydrogens (tertiary/aromatic N) is 3. The predicted octanol–water partition coefficient (Wildman–Crippen LogP) is 8.61. The molecule has 0 saturated carbocycles. The second-order valence-corrected chi connectivity index (χ2v) is 15.5. The van der Waals surface area contributed by atoms with Crippen LogP contribution in [0.4, 0.5) is 30.4 Å². The molecule has 6 heterocycles. The zero-order valence-corrected chi connectivity index (χ0v) is 30.1. The fourth-order valence-electron chi connectivity index (χ4n) is 7.97. The van der Waals surface area contributed by atoms with E-state index in [-0.39, 0.29) is 40.1 Å². The Morgan fingerprint density at radius 2 is 1.81 bits per heavy atom. The number of rotatable bonds is 5. The first-order chi connectivity index (χ1) is 26.1. The molecule has 2 amide bonds. The largest absolute Gasteiger partial charge is 0.381 e. The van der Waals surface area contributed by atoms with Gasteiger partial charge in [0, 0.05) is 82.5 Å². The zero-order chi connectivity index (χ0) is 37.3. The molecule has 14 heteroatoms. The van der Waals surface area contributed by atoms with Crippen LogP contribution in [0.15, 0.2) is 77.7 Å². The van der Waals surface area contributed by atoms with E-state index >= 15 is 0 Å². The molecular weight excluding hydrogens is 739 g/mol. The Labute approximate surface area is 315 Å². The fraction of sp³-hybridized carbons (Fsp3) is 0.250. The van der Waals surface area contributed by atoms with Crippen molar-refractivity contribution >= 4 is 72.9 Å². The monoisotopic (exact) mass is 769 g/mol. The number of aromatic amines is 1. The number of para-hydroxylation sites is 1. The summed E-state index contributed by atoms with van der Waals surface area (Å²) in [5, 5.41) is 4.74. The van der Waals surface area contributed by atoms with Gasteiger partial charge in [-0.1, -0.05) is 23.7 Å². The van der Waals surface area contributed by atoms with Gasteiger partial charge >= 0.3 is 0 Å². The Kier molecular flexibility index (Phi) is 8.47. The zero-order valence-electron chi connectivity index (χ0n) is 28.6. The standard InChI is InChI=1S/C40H31ClF3N5O4S/c41-29-3-1-2-26-31-27-10-13-49(30-17-23(42)6-9-25(30)33(27)54-34(31)38(51)47-32(26)29)39(52)21-4-7-24(8-5-21)46-37(50)28-16-22(35(43)44)18-45-36(28)48-19-40(20-48)11-14-53-15-12-40/h1-9,16-18,35H,10-15,19-20H2,(H,46,50)(H,47,51). The van der Waals surface area contributed by atoms with E-state index in [0.717, 1.165) is 40.3 Å². The number of thiophene rings is 1. The highest BCUT2D eigenvalue weighted by molar-refractivity contribution is 7.22. The van der Waals surface area contributed by atoms with Gasteiger partial charge in [-0.3, -0.25) is 14.4 Å². The predicted molar refractivity (Wildman–Crippen MR) is 204 cm³/mol. The molecule has 3 aliphatic heterocycles. The lowest BCUT2D eigenvalue weighted by atomic mass is 9.73. The molecule has 0 aliphatic carbocycles. The SMILES string of the molecule is O=C(Nc1ccc(C(=O)N2CCc3c(sc4c(=O)[nH]c5c(Cl)cccc5c34)-c3ccc(F)cc32)cc1)c1cc(C(F)F)cnc1N1CC2(CCOCC2)C1. The van der Waals surface area contributed by atoms with Crippen LogP contribution in [-0.2, 0) is 11.2 Å². The molecule has 274 valence electrons. The second-order valence-electron chi connectivity index (χ2n) is 14.0. The number of H-pyrrole nitrogens is 1. The van der Waals surface area contributed by atoms with Gasteiger partial charge in [0.15, 0.2) is 0 Å². The third-order valence-corrected chi connectivity index (χ3v) is 12.3. The highest BCUT2D eigenvalue weighted by atomic mass is 35.5. The molecule has 3 aliphatic rings. The van der Waals surface area contributed by atoms with E-state index < -0.39 is 18.1 Å². The number of fused-ring (bicyclic) bond motifs is 7. The normalized spacial score (nSPS) is 16.3. The van der Waals surface area contributed by atoms with Crippen molar-refractivity contribution in [1.29, 1.82) is 0 Å². The van der Waals surface area contributed by atoms with Crippen LogP contribution in [0.5, 0.6) is 0 Å². The van der Waals surface area contributed by atoms with E-state index in [2.05, 4.69) is 15.3 Å². The second kappa shape index (κ2) is 13.3. The molecule has 6 aromatic rings. The average molecular weight is 770 g/mol. The minimum atomic E-state index is -2.80. The Balaban J connectivity index is 0.993. The molecule has 3 aromatic heterocycles. The maximum absolute atomic E-state index is 14.8. The number of ether oxygens (including phenoxy) is 1. The summed E-state index contributed by atoms with van der Waals surface area (Å²) in [7, 11) is 0. The molecule has 1 spiro atoms. The summed E-state index contributed by atoms with van der Waals surface area (Å²) >= 11 is 7.76. The number of carbonyl (C=O) groups is 2. The van der Waals surface area contributed by atoms with E-state index in [4.69, 9.17) is 16.3 Å². The van der Waals surface area contributed by atoms with E-state index in [1.165, 1.54) is 34.4 Å². The molecule has 2 fully saturated rings. The third kappa shape index (κ3) is 5.82. The van der Waals surface area contributed by atoms with Crippen molar-refractivity contribution in [2.75, 3.05) is 48.0 Å². The van der Waals surface area contributed by atoms with Crippen molar-refractivity contribution in [3.8, 4) is 10.4 Å². The quantitative estimate of drug-likeness (QED) is 0.182. The average Bonchev–Trinajstić information content (AvgIpc) is 3.47. The Bertz CT molecular complexity index is 2560. The van der Waals surface area contributed by atoms with Crippen LogP contribution in [0.2, 0.25) is 5.02 Å². The number of carbonyl (C=O) groups excluding carboxylic acids is 2. The third-order valence-electron chi connectivity index (χ3n) is 10.7. The smallest absolute Gasteiger partial charge is 0.266 e. The number of pyridine rings is 2. The first-order valence-corrected chi connectivity index (χ1v) is 18.7. The van der Waals surface area contributed by atoms with Crippen molar-refractivity contribution in [2.45, 2.75) is 25.7 Å². The summed E-state index contributed by atoms with van der Waals surface area (Å²) in [6.45, 7) is 2.85. The van der Waals surface area contributed by atoms with Crippen molar-refractivity contribution in [1.82, 2.24) is 9.97 Å². The first-order valence-electron chi connectivity index (χ1n) is 17.5. The lowest BCUT2D eigenvalue weighted by molar-refractivity contribution is -0.000522. The van der Waals surface area contributed by atoms with Gasteiger partial charge in [-0.25, -0.2) is 18.2 Å². The molecule has 0 bridgehead atoms. The molecule has 9 rings (SSSR count). The molecule has 9 nitrogen and oxygen atoms in total. The highest BCUT2D eigenvalue weighted by Gasteiger charge is 2.45. The maximum Gasteiger partial charge on any atom is 0.266 e. The van der Waals surface area contributed by atoms with Gasteiger partial charge in [0.1, 0.15) is 16.3 Å². The number of alkyl halides is 2. The number of hydrogen-bond donors (Lipinski definition) is 2. The topological polar surface area (TPSA) is 108 Å². The van der Waals surface area contributed by atoms with E-state index in [0.29, 0.717) is 70.7 Å². The number of hydrogen-bond acceptors (Lipinski definition) is 7. The molecular formula is C40H31ClF3N5O4S. The lowest BCUT2D eigenvalue weighted by Crippen LogP contribution is -2.59. The van der Waals surface area contributed by atoms with Gasteiger partial charge in [0.05, 0.1) is 21.8 Å². The van der Waals surface area contributed by atoms with E-state index in [1.54, 1.807) is 36.4 Å². The summed E-state index contributed by atoms with van der Waals surface area (Å²) in [6, 6.07) is 17.1. The van der Waals surface area contributed by atoms with Crippen LogP contribution in [0, 0.1) is 11.2 Å². The summed E-state index contributed by atoms with van der Waals surface area (Å²) in [5.41, 5.74) is 2.51. The Morgan fingerprint density at radius 3 is 2.57 bits per heavy atom. The number of aromatic nitrogens is 2. The van der Waals surface area contributed by atoms with Crippen LogP contribution in [0.3, 0.4) is 0 Å². The van der Waals surface area contributed by atoms with Crippen molar-refractivity contribution in [3.63, 3.8) is 0 Å². The molecule has 0 unspecified atom stereocenters. The van der Waals surface area contributed by atoms with Gasteiger partial charge in [0.2, 0.25) is 0 Å². The van der Waals surface area contributed by atoms with Gasteiger partial charge in [-0.05, 0) is 79.4 Å². The Morgan fingerprint density at radius 1 is 1.04 bits per heavy atom. The van der Waals surface area contributed by atoms with Crippen LogP contribution >= 0.6 is 22.9 Å². The molecule has 0 atom stereocenters. The summed E-state index contributed by atoms with van der Waals surface area (Å²) in [5.74, 6) is -1.17.